The molecule has 8 heteroatoms. The molecule has 0 fully saturated rings. The minimum atomic E-state index is -4.08. The SMILES string of the molecule is CCC(NC(=O)CN(c1ccccc1OC)S(=O)(=O)c1ccc(OC)cc1)c1ccccc1. The highest BCUT2D eigenvalue weighted by molar-refractivity contribution is 7.92. The fourth-order valence-electron chi connectivity index (χ4n) is 3.49. The number of hydrogen-bond acceptors (Lipinski definition) is 5. The fraction of sp³-hybridized carbons (Fsp3) is 0.240. The molecule has 0 radical (unpaired) electrons. The second-order valence-corrected chi connectivity index (χ2v) is 9.16. The van der Waals surface area contributed by atoms with Gasteiger partial charge in [-0.1, -0.05) is 49.4 Å². The van der Waals surface area contributed by atoms with Crippen LogP contribution in [0.25, 0.3) is 0 Å². The highest BCUT2D eigenvalue weighted by Crippen LogP contribution is 2.32. The number of carbonyl (C=O) groups is 1. The second-order valence-electron chi connectivity index (χ2n) is 7.30. The normalized spacial score (nSPS) is 12.0. The Hall–Kier alpha value is -3.52. The summed E-state index contributed by atoms with van der Waals surface area (Å²) in [6, 6.07) is 22.1. The number of nitrogens with zero attached hydrogens (tertiary/aromatic N) is 1. The van der Waals surface area contributed by atoms with Crippen molar-refractivity contribution in [1.29, 1.82) is 0 Å². The van der Waals surface area contributed by atoms with Crippen molar-refractivity contribution < 1.29 is 22.7 Å². The van der Waals surface area contributed by atoms with E-state index >= 15 is 0 Å². The van der Waals surface area contributed by atoms with E-state index in [0.29, 0.717) is 17.9 Å². The van der Waals surface area contributed by atoms with E-state index in [1.807, 2.05) is 37.3 Å². The number of rotatable bonds is 10. The Bertz CT molecular complexity index is 1160. The molecule has 3 aromatic rings. The molecule has 33 heavy (non-hydrogen) atoms. The Morgan fingerprint density at radius 1 is 0.909 bits per heavy atom. The fourth-order valence-corrected chi connectivity index (χ4v) is 4.92. The average molecular weight is 469 g/mol. The lowest BCUT2D eigenvalue weighted by Gasteiger charge is -2.27. The Labute approximate surface area is 195 Å². The van der Waals surface area contributed by atoms with E-state index < -0.39 is 22.5 Å². The first kappa shape index (κ1) is 24.1. The maximum Gasteiger partial charge on any atom is 0.264 e. The van der Waals surface area contributed by atoms with Gasteiger partial charge in [0.1, 0.15) is 18.0 Å². The summed E-state index contributed by atoms with van der Waals surface area (Å²) in [6.07, 6.45) is 0.662. The molecule has 3 aromatic carbocycles. The Morgan fingerprint density at radius 2 is 1.55 bits per heavy atom. The van der Waals surface area contributed by atoms with Crippen molar-refractivity contribution >= 4 is 21.6 Å². The van der Waals surface area contributed by atoms with Crippen LogP contribution >= 0.6 is 0 Å². The summed E-state index contributed by atoms with van der Waals surface area (Å²) in [5.41, 5.74) is 1.23. The van der Waals surface area contributed by atoms with Crippen LogP contribution in [0.1, 0.15) is 24.9 Å². The molecule has 0 aliphatic carbocycles. The molecule has 1 unspecified atom stereocenters. The number of amides is 1. The number of carbonyl (C=O) groups excluding carboxylic acids is 1. The van der Waals surface area contributed by atoms with Crippen molar-refractivity contribution in [3.63, 3.8) is 0 Å². The van der Waals surface area contributed by atoms with Crippen LogP contribution in [0.15, 0.2) is 83.8 Å². The molecule has 0 aliphatic rings. The molecule has 7 nitrogen and oxygen atoms in total. The molecule has 0 spiro atoms. The Morgan fingerprint density at radius 3 is 2.15 bits per heavy atom. The van der Waals surface area contributed by atoms with Gasteiger partial charge in [0.2, 0.25) is 5.91 Å². The van der Waals surface area contributed by atoms with Gasteiger partial charge in [0, 0.05) is 0 Å². The molecule has 0 heterocycles. The minimum absolute atomic E-state index is 0.0390. The van der Waals surface area contributed by atoms with Crippen molar-refractivity contribution in [1.82, 2.24) is 5.32 Å². The zero-order chi connectivity index (χ0) is 23.8. The third kappa shape index (κ3) is 5.64. The predicted molar refractivity (Wildman–Crippen MR) is 128 cm³/mol. The topological polar surface area (TPSA) is 84.9 Å². The lowest BCUT2D eigenvalue weighted by atomic mass is 10.0. The number of nitrogens with one attached hydrogen (secondary N) is 1. The van der Waals surface area contributed by atoms with Crippen molar-refractivity contribution in [2.24, 2.45) is 0 Å². The number of hydrogen-bond donors (Lipinski definition) is 1. The molecule has 3 rings (SSSR count). The first-order chi connectivity index (χ1) is 15.9. The molecular formula is C25H28N2O5S. The van der Waals surface area contributed by atoms with Gasteiger partial charge in [-0.25, -0.2) is 8.42 Å². The van der Waals surface area contributed by atoms with Crippen LogP contribution in [0.2, 0.25) is 0 Å². The van der Waals surface area contributed by atoms with Crippen LogP contribution in [0.3, 0.4) is 0 Å². The zero-order valence-corrected chi connectivity index (χ0v) is 19.7. The Balaban J connectivity index is 1.96. The molecule has 0 bridgehead atoms. The van der Waals surface area contributed by atoms with Crippen molar-refractivity contribution in [3.05, 3.63) is 84.4 Å². The minimum Gasteiger partial charge on any atom is -0.497 e. The number of methoxy groups -OCH3 is 2. The largest absolute Gasteiger partial charge is 0.497 e. The summed E-state index contributed by atoms with van der Waals surface area (Å²) in [6.45, 7) is 1.56. The van der Waals surface area contributed by atoms with E-state index in [2.05, 4.69) is 5.32 Å². The van der Waals surface area contributed by atoms with Crippen LogP contribution in [-0.4, -0.2) is 35.1 Å². The monoisotopic (exact) mass is 468 g/mol. The summed E-state index contributed by atoms with van der Waals surface area (Å²) in [4.78, 5) is 13.1. The number of anilines is 1. The van der Waals surface area contributed by atoms with E-state index in [-0.39, 0.29) is 16.6 Å². The Kier molecular flexibility index (Phi) is 7.95. The van der Waals surface area contributed by atoms with Crippen LogP contribution in [0.4, 0.5) is 5.69 Å². The third-order valence-electron chi connectivity index (χ3n) is 5.23. The van der Waals surface area contributed by atoms with E-state index in [1.165, 1.54) is 26.4 Å². The number of para-hydroxylation sites is 2. The van der Waals surface area contributed by atoms with E-state index in [0.717, 1.165) is 9.87 Å². The van der Waals surface area contributed by atoms with Gasteiger partial charge in [-0.2, -0.15) is 0 Å². The lowest BCUT2D eigenvalue weighted by molar-refractivity contribution is -0.120. The van der Waals surface area contributed by atoms with Crippen LogP contribution in [0, 0.1) is 0 Å². The first-order valence-corrected chi connectivity index (χ1v) is 12.0. The average Bonchev–Trinajstić information content (AvgIpc) is 2.86. The van der Waals surface area contributed by atoms with Gasteiger partial charge in [-0.05, 0) is 48.4 Å². The van der Waals surface area contributed by atoms with Gasteiger partial charge in [0.15, 0.2) is 0 Å². The second kappa shape index (κ2) is 10.9. The van der Waals surface area contributed by atoms with Crippen LogP contribution in [-0.2, 0) is 14.8 Å². The molecule has 1 atom stereocenters. The molecule has 1 amide bonds. The maximum atomic E-state index is 13.6. The molecule has 0 aromatic heterocycles. The molecule has 0 saturated heterocycles. The highest BCUT2D eigenvalue weighted by atomic mass is 32.2. The van der Waals surface area contributed by atoms with Crippen molar-refractivity contribution in [3.8, 4) is 11.5 Å². The van der Waals surface area contributed by atoms with E-state index in [9.17, 15) is 13.2 Å². The first-order valence-electron chi connectivity index (χ1n) is 10.5. The van der Waals surface area contributed by atoms with Crippen molar-refractivity contribution in [2.45, 2.75) is 24.3 Å². The predicted octanol–water partition coefficient (Wildman–Crippen LogP) is 4.17. The molecule has 0 saturated carbocycles. The van der Waals surface area contributed by atoms with Gasteiger partial charge in [0.25, 0.3) is 10.0 Å². The molecule has 0 aliphatic heterocycles. The standard InChI is InChI=1S/C25H28N2O5S/c1-4-22(19-10-6-5-7-11-19)26-25(28)18-27(23-12-8-9-13-24(23)32-3)33(29,30)21-16-14-20(31-2)15-17-21/h5-17,22H,4,18H2,1-3H3,(H,26,28). The molecule has 1 N–H and O–H groups in total. The number of sulfonamides is 1. The van der Waals surface area contributed by atoms with Gasteiger partial charge >= 0.3 is 0 Å². The highest BCUT2D eigenvalue weighted by Gasteiger charge is 2.30. The zero-order valence-electron chi connectivity index (χ0n) is 18.9. The third-order valence-corrected chi connectivity index (χ3v) is 7.01. The van der Waals surface area contributed by atoms with Gasteiger partial charge in [0.05, 0.1) is 30.8 Å². The van der Waals surface area contributed by atoms with Gasteiger partial charge in [-0.3, -0.25) is 9.10 Å². The summed E-state index contributed by atoms with van der Waals surface area (Å²) >= 11 is 0. The number of ether oxygens (including phenoxy) is 2. The van der Waals surface area contributed by atoms with Crippen LogP contribution in [0.5, 0.6) is 11.5 Å². The van der Waals surface area contributed by atoms with Gasteiger partial charge in [-0.15, -0.1) is 0 Å². The molecule has 174 valence electrons. The molecular weight excluding hydrogens is 440 g/mol. The lowest BCUT2D eigenvalue weighted by Crippen LogP contribution is -2.42. The summed E-state index contributed by atoms with van der Waals surface area (Å²) in [5, 5.41) is 2.96. The smallest absolute Gasteiger partial charge is 0.264 e. The summed E-state index contributed by atoms with van der Waals surface area (Å²) in [5.74, 6) is 0.454. The summed E-state index contributed by atoms with van der Waals surface area (Å²) < 4.78 is 38.8. The maximum absolute atomic E-state index is 13.6. The quantitative estimate of drug-likeness (QED) is 0.483. The van der Waals surface area contributed by atoms with Gasteiger partial charge < -0.3 is 14.8 Å². The number of benzene rings is 3. The van der Waals surface area contributed by atoms with Crippen LogP contribution < -0.4 is 19.1 Å². The summed E-state index contributed by atoms with van der Waals surface area (Å²) in [7, 11) is -1.11. The van der Waals surface area contributed by atoms with E-state index in [4.69, 9.17) is 9.47 Å². The van der Waals surface area contributed by atoms with E-state index in [1.54, 1.807) is 36.4 Å². The van der Waals surface area contributed by atoms with Crippen molar-refractivity contribution in [2.75, 3.05) is 25.1 Å².